The van der Waals surface area contributed by atoms with Crippen molar-refractivity contribution in [2.45, 2.75) is 26.9 Å². The van der Waals surface area contributed by atoms with Crippen LogP contribution in [0.3, 0.4) is 0 Å². The molecule has 1 aromatic carbocycles. The third kappa shape index (κ3) is 3.05. The van der Waals surface area contributed by atoms with Gasteiger partial charge in [-0.05, 0) is 38.3 Å². The zero-order valence-corrected chi connectivity index (χ0v) is 15.5. The average Bonchev–Trinajstić information content (AvgIpc) is 3.21. The molecule has 0 spiro atoms. The van der Waals surface area contributed by atoms with Crippen molar-refractivity contribution in [2.24, 2.45) is 4.99 Å². The van der Waals surface area contributed by atoms with Gasteiger partial charge in [-0.15, -0.1) is 0 Å². The van der Waals surface area contributed by atoms with Crippen LogP contribution in [-0.2, 0) is 13.1 Å². The third-order valence-corrected chi connectivity index (χ3v) is 4.83. The molecule has 0 saturated heterocycles. The van der Waals surface area contributed by atoms with Crippen molar-refractivity contribution < 1.29 is 9.53 Å². The standard InChI is InChI=1S/C20H21N5O2/c1-13-10-25-19(22-14(13)2)16-11-24(12-17(16)23-25)20(26)15-6-4-5-7-18(15)27-9-8-21-3/h4-7,10H,3,8-9,11-12H2,1-2H3. The maximum atomic E-state index is 13.1. The lowest BCUT2D eigenvalue weighted by molar-refractivity contribution is 0.0745. The molecule has 1 aliphatic heterocycles. The van der Waals surface area contributed by atoms with Gasteiger partial charge in [0.2, 0.25) is 0 Å². The zero-order chi connectivity index (χ0) is 19.0. The van der Waals surface area contributed by atoms with Gasteiger partial charge in [0.05, 0.1) is 30.9 Å². The second kappa shape index (κ2) is 6.83. The lowest BCUT2D eigenvalue weighted by Crippen LogP contribution is -2.26. The summed E-state index contributed by atoms with van der Waals surface area (Å²) in [7, 11) is 0. The monoisotopic (exact) mass is 363 g/mol. The smallest absolute Gasteiger partial charge is 0.258 e. The molecule has 0 atom stereocenters. The Labute approximate surface area is 157 Å². The van der Waals surface area contributed by atoms with Crippen molar-refractivity contribution in [1.29, 1.82) is 0 Å². The predicted molar refractivity (Wildman–Crippen MR) is 102 cm³/mol. The Hall–Kier alpha value is -3.22. The fourth-order valence-corrected chi connectivity index (χ4v) is 3.26. The van der Waals surface area contributed by atoms with E-state index in [1.54, 1.807) is 17.0 Å². The number of aliphatic imine (C=N–C) groups is 1. The Kier molecular flexibility index (Phi) is 4.35. The van der Waals surface area contributed by atoms with E-state index in [9.17, 15) is 4.79 Å². The Morgan fingerprint density at radius 3 is 2.93 bits per heavy atom. The van der Waals surface area contributed by atoms with E-state index in [-0.39, 0.29) is 5.91 Å². The molecule has 3 heterocycles. The highest BCUT2D eigenvalue weighted by Crippen LogP contribution is 2.29. The molecule has 0 N–H and O–H groups in total. The van der Waals surface area contributed by atoms with Crippen LogP contribution in [0.2, 0.25) is 0 Å². The number of nitrogens with zero attached hydrogens (tertiary/aromatic N) is 5. The first kappa shape index (κ1) is 17.2. The molecule has 0 bridgehead atoms. The number of hydrogen-bond donors (Lipinski definition) is 0. The Morgan fingerprint density at radius 2 is 2.11 bits per heavy atom. The average molecular weight is 363 g/mol. The van der Waals surface area contributed by atoms with Crippen molar-refractivity contribution in [2.75, 3.05) is 13.2 Å². The summed E-state index contributed by atoms with van der Waals surface area (Å²) in [5.41, 5.74) is 5.35. The molecule has 0 unspecified atom stereocenters. The Bertz CT molecular complexity index is 1040. The highest BCUT2D eigenvalue weighted by Gasteiger charge is 2.30. The van der Waals surface area contributed by atoms with E-state index in [0.717, 1.165) is 28.2 Å². The molecule has 4 rings (SSSR count). The first-order chi connectivity index (χ1) is 13.1. The number of benzene rings is 1. The molecule has 138 valence electrons. The number of hydrogen-bond acceptors (Lipinski definition) is 5. The molecule has 27 heavy (non-hydrogen) atoms. The molecule has 0 fully saturated rings. The van der Waals surface area contributed by atoms with E-state index in [1.807, 2.05) is 36.7 Å². The van der Waals surface area contributed by atoms with Crippen LogP contribution < -0.4 is 4.74 Å². The van der Waals surface area contributed by atoms with Crippen molar-refractivity contribution in [3.8, 4) is 5.75 Å². The first-order valence-electron chi connectivity index (χ1n) is 8.86. The maximum absolute atomic E-state index is 13.1. The van der Waals surface area contributed by atoms with Crippen molar-refractivity contribution in [3.63, 3.8) is 0 Å². The van der Waals surface area contributed by atoms with Crippen LogP contribution >= 0.6 is 0 Å². The van der Waals surface area contributed by atoms with Crippen molar-refractivity contribution in [1.82, 2.24) is 19.5 Å². The second-order valence-electron chi connectivity index (χ2n) is 6.66. The predicted octanol–water partition coefficient (Wildman–Crippen LogP) is 2.58. The van der Waals surface area contributed by atoms with Gasteiger partial charge >= 0.3 is 0 Å². The Balaban J connectivity index is 1.59. The van der Waals surface area contributed by atoms with Gasteiger partial charge in [-0.3, -0.25) is 9.79 Å². The van der Waals surface area contributed by atoms with Crippen LogP contribution in [0, 0.1) is 13.8 Å². The number of ether oxygens (including phenoxy) is 1. The molecular formula is C20H21N5O2. The van der Waals surface area contributed by atoms with E-state index in [1.165, 1.54) is 0 Å². The Morgan fingerprint density at radius 1 is 1.30 bits per heavy atom. The van der Waals surface area contributed by atoms with Gasteiger partial charge in [-0.25, -0.2) is 9.50 Å². The third-order valence-electron chi connectivity index (χ3n) is 4.83. The van der Waals surface area contributed by atoms with Gasteiger partial charge in [-0.2, -0.15) is 5.10 Å². The zero-order valence-electron chi connectivity index (χ0n) is 15.5. The van der Waals surface area contributed by atoms with Crippen LogP contribution in [0.25, 0.3) is 5.65 Å². The summed E-state index contributed by atoms with van der Waals surface area (Å²) < 4.78 is 7.52. The molecule has 0 radical (unpaired) electrons. The highest BCUT2D eigenvalue weighted by atomic mass is 16.5. The quantitative estimate of drug-likeness (QED) is 0.516. The number of rotatable bonds is 5. The topological polar surface area (TPSA) is 72.1 Å². The molecule has 3 aromatic rings. The van der Waals surface area contributed by atoms with Gasteiger partial charge in [0.15, 0.2) is 5.65 Å². The molecule has 1 aliphatic rings. The van der Waals surface area contributed by atoms with Crippen LogP contribution in [0.15, 0.2) is 35.5 Å². The summed E-state index contributed by atoms with van der Waals surface area (Å²) >= 11 is 0. The normalized spacial score (nSPS) is 13.0. The number of carbonyl (C=O) groups is 1. The van der Waals surface area contributed by atoms with Gasteiger partial charge in [0, 0.05) is 17.5 Å². The summed E-state index contributed by atoms with van der Waals surface area (Å²) in [6.45, 7) is 9.29. The summed E-state index contributed by atoms with van der Waals surface area (Å²) in [4.78, 5) is 23.3. The minimum Gasteiger partial charge on any atom is -0.491 e. The largest absolute Gasteiger partial charge is 0.491 e. The van der Waals surface area contributed by atoms with E-state index in [2.05, 4.69) is 21.8 Å². The van der Waals surface area contributed by atoms with Gasteiger partial charge < -0.3 is 9.64 Å². The lowest BCUT2D eigenvalue weighted by Gasteiger charge is -2.18. The van der Waals surface area contributed by atoms with Crippen molar-refractivity contribution >= 4 is 18.3 Å². The van der Waals surface area contributed by atoms with Gasteiger partial charge in [0.25, 0.3) is 5.91 Å². The van der Waals surface area contributed by atoms with E-state index < -0.39 is 0 Å². The molecule has 0 aliphatic carbocycles. The van der Waals surface area contributed by atoms with E-state index in [4.69, 9.17) is 4.74 Å². The van der Waals surface area contributed by atoms with Crippen LogP contribution in [0.1, 0.15) is 32.9 Å². The number of aromatic nitrogens is 3. The fraction of sp³-hybridized carbons (Fsp3) is 0.300. The number of carbonyl (C=O) groups excluding carboxylic acids is 1. The van der Waals surface area contributed by atoms with Gasteiger partial charge in [-0.1, -0.05) is 12.1 Å². The minimum absolute atomic E-state index is 0.0721. The highest BCUT2D eigenvalue weighted by molar-refractivity contribution is 5.97. The summed E-state index contributed by atoms with van der Waals surface area (Å²) in [5.74, 6) is 0.492. The SMILES string of the molecule is C=NCCOc1ccccc1C(=O)N1Cc2nn3cc(C)c(C)nc3c2C1. The van der Waals surface area contributed by atoms with E-state index in [0.29, 0.717) is 37.6 Å². The summed E-state index contributed by atoms with van der Waals surface area (Å²) in [5, 5.41) is 4.61. The summed E-state index contributed by atoms with van der Waals surface area (Å²) in [6, 6.07) is 7.28. The molecule has 0 saturated carbocycles. The van der Waals surface area contributed by atoms with Crippen molar-refractivity contribution in [3.05, 3.63) is 58.5 Å². The maximum Gasteiger partial charge on any atom is 0.258 e. The van der Waals surface area contributed by atoms with Crippen LogP contribution in [0.5, 0.6) is 5.75 Å². The van der Waals surface area contributed by atoms with Gasteiger partial charge in [0.1, 0.15) is 12.4 Å². The molecule has 7 nitrogen and oxygen atoms in total. The number of para-hydroxylation sites is 1. The van der Waals surface area contributed by atoms with E-state index >= 15 is 0 Å². The fourth-order valence-electron chi connectivity index (χ4n) is 3.26. The van der Waals surface area contributed by atoms with Crippen LogP contribution in [-0.4, -0.2) is 45.3 Å². The first-order valence-corrected chi connectivity index (χ1v) is 8.86. The lowest BCUT2D eigenvalue weighted by atomic mass is 10.1. The summed E-state index contributed by atoms with van der Waals surface area (Å²) in [6.07, 6.45) is 1.99. The molecule has 7 heteroatoms. The molecular weight excluding hydrogens is 342 g/mol. The number of fused-ring (bicyclic) bond motifs is 3. The molecule has 2 aromatic heterocycles. The minimum atomic E-state index is -0.0721. The number of amides is 1. The molecule has 1 amide bonds. The number of aryl methyl sites for hydroxylation is 2. The van der Waals surface area contributed by atoms with Crippen LogP contribution in [0.4, 0.5) is 0 Å². The second-order valence-corrected chi connectivity index (χ2v) is 6.66.